The largest absolute Gasteiger partial charge is 0.379 e. The van der Waals surface area contributed by atoms with E-state index in [4.69, 9.17) is 16.3 Å². The van der Waals surface area contributed by atoms with Gasteiger partial charge in [0.15, 0.2) is 0 Å². The fraction of sp³-hybridized carbons (Fsp3) is 0.435. The summed E-state index contributed by atoms with van der Waals surface area (Å²) in [5, 5.41) is 3.05. The van der Waals surface area contributed by atoms with Crippen molar-refractivity contribution in [2.75, 3.05) is 69.2 Å². The highest BCUT2D eigenvalue weighted by atomic mass is 35.5. The van der Waals surface area contributed by atoms with Gasteiger partial charge >= 0.3 is 0 Å². The smallest absolute Gasteiger partial charge is 0.255 e. The number of morpholine rings is 1. The molecule has 10 heteroatoms. The van der Waals surface area contributed by atoms with Crippen LogP contribution in [0, 0.1) is 0 Å². The number of para-hydroxylation sites is 2. The fourth-order valence-electron chi connectivity index (χ4n) is 4.12. The van der Waals surface area contributed by atoms with Gasteiger partial charge in [0.05, 0.1) is 29.6 Å². The van der Waals surface area contributed by atoms with Crippen LogP contribution >= 0.6 is 11.6 Å². The lowest BCUT2D eigenvalue weighted by atomic mass is 10.1. The van der Waals surface area contributed by atoms with Gasteiger partial charge in [0, 0.05) is 44.8 Å². The number of carbonyl (C=O) groups excluding carboxylic acids is 1. The number of ether oxygens (including phenoxy) is 1. The second kappa shape index (κ2) is 10.4. The number of piperazine rings is 1. The molecule has 178 valence electrons. The number of hydrogen-bond donors (Lipinski definition) is 1. The molecule has 2 aliphatic rings. The lowest BCUT2D eigenvalue weighted by Crippen LogP contribution is -2.46. The number of nitrogens with one attached hydrogen (secondary N) is 1. The summed E-state index contributed by atoms with van der Waals surface area (Å²) in [7, 11) is -3.83. The number of halogens is 1. The van der Waals surface area contributed by atoms with E-state index < -0.39 is 10.0 Å². The lowest BCUT2D eigenvalue weighted by molar-refractivity contribution is 0.0730. The van der Waals surface area contributed by atoms with Gasteiger partial charge in [-0.05, 0) is 36.9 Å². The minimum absolute atomic E-state index is 0.0670. The Bertz CT molecular complexity index is 1100. The van der Waals surface area contributed by atoms with Gasteiger partial charge in [0.1, 0.15) is 4.90 Å². The Morgan fingerprint density at radius 1 is 1.03 bits per heavy atom. The van der Waals surface area contributed by atoms with Crippen molar-refractivity contribution in [3.05, 3.63) is 53.1 Å². The van der Waals surface area contributed by atoms with Gasteiger partial charge in [-0.1, -0.05) is 30.7 Å². The SMILES string of the molecule is CCN1CCN(c2ccccc2NC(=O)c2ccc(Cl)c(S(=O)(=O)N3CCOCC3)c2)CC1. The molecule has 8 nitrogen and oxygen atoms in total. The van der Waals surface area contributed by atoms with Crippen LogP contribution in [-0.4, -0.2) is 82.6 Å². The van der Waals surface area contributed by atoms with Crippen LogP contribution in [0.1, 0.15) is 17.3 Å². The number of carbonyl (C=O) groups is 1. The molecule has 0 spiro atoms. The van der Waals surface area contributed by atoms with Gasteiger partial charge in [-0.3, -0.25) is 4.79 Å². The summed E-state index contributed by atoms with van der Waals surface area (Å²) < 4.78 is 32.8. The predicted octanol–water partition coefficient (Wildman–Crippen LogP) is 2.76. The highest BCUT2D eigenvalue weighted by Gasteiger charge is 2.29. The zero-order valence-corrected chi connectivity index (χ0v) is 20.2. The number of hydrogen-bond acceptors (Lipinski definition) is 6. The average molecular weight is 493 g/mol. The first-order chi connectivity index (χ1) is 15.9. The number of anilines is 2. The maximum absolute atomic E-state index is 13.1. The van der Waals surface area contributed by atoms with Crippen LogP contribution in [0.4, 0.5) is 11.4 Å². The van der Waals surface area contributed by atoms with E-state index in [0.29, 0.717) is 18.9 Å². The number of nitrogens with zero attached hydrogens (tertiary/aromatic N) is 3. The normalized spacial score (nSPS) is 18.3. The van der Waals surface area contributed by atoms with Gasteiger partial charge < -0.3 is 19.9 Å². The molecule has 2 aromatic rings. The minimum atomic E-state index is -3.83. The van der Waals surface area contributed by atoms with E-state index >= 15 is 0 Å². The van der Waals surface area contributed by atoms with Crippen molar-refractivity contribution in [3.8, 4) is 0 Å². The summed E-state index contributed by atoms with van der Waals surface area (Å²) >= 11 is 6.24. The van der Waals surface area contributed by atoms with Gasteiger partial charge in [-0.15, -0.1) is 0 Å². The van der Waals surface area contributed by atoms with E-state index in [1.165, 1.54) is 16.4 Å². The molecular weight excluding hydrogens is 464 g/mol. The molecule has 0 radical (unpaired) electrons. The number of sulfonamides is 1. The van der Waals surface area contributed by atoms with Crippen LogP contribution in [0.2, 0.25) is 5.02 Å². The third-order valence-corrected chi connectivity index (χ3v) is 8.47. The van der Waals surface area contributed by atoms with Gasteiger partial charge in [-0.2, -0.15) is 4.31 Å². The molecule has 0 unspecified atom stereocenters. The van der Waals surface area contributed by atoms with Crippen LogP contribution < -0.4 is 10.2 Å². The molecule has 0 aliphatic carbocycles. The summed E-state index contributed by atoms with van der Waals surface area (Å²) in [6.07, 6.45) is 0. The molecule has 2 saturated heterocycles. The van der Waals surface area contributed by atoms with Crippen LogP contribution in [0.15, 0.2) is 47.4 Å². The Morgan fingerprint density at radius 3 is 2.42 bits per heavy atom. The van der Waals surface area contributed by atoms with Crippen molar-refractivity contribution in [2.45, 2.75) is 11.8 Å². The molecule has 1 N–H and O–H groups in total. The molecule has 33 heavy (non-hydrogen) atoms. The molecule has 2 aliphatic heterocycles. The third kappa shape index (κ3) is 5.33. The molecule has 0 aromatic heterocycles. The Morgan fingerprint density at radius 2 is 1.73 bits per heavy atom. The Labute approximate surface area is 200 Å². The third-order valence-electron chi connectivity index (χ3n) is 6.09. The first kappa shape index (κ1) is 24.0. The van der Waals surface area contributed by atoms with E-state index in [9.17, 15) is 13.2 Å². The molecule has 1 amide bonds. The standard InChI is InChI=1S/C23H29ClN4O4S/c1-2-26-9-11-27(12-10-26)21-6-4-3-5-20(21)25-23(29)18-7-8-19(24)22(17-18)33(30,31)28-13-15-32-16-14-28/h3-8,17H,2,9-16H2,1H3,(H,25,29). The second-order valence-corrected chi connectivity index (χ2v) is 10.4. The van der Waals surface area contributed by atoms with Crippen molar-refractivity contribution >= 4 is 38.9 Å². The van der Waals surface area contributed by atoms with Gasteiger partial charge in [0.2, 0.25) is 10.0 Å². The quantitative estimate of drug-likeness (QED) is 0.667. The van der Waals surface area contributed by atoms with Crippen molar-refractivity contribution in [1.29, 1.82) is 0 Å². The highest BCUT2D eigenvalue weighted by Crippen LogP contribution is 2.29. The molecule has 0 atom stereocenters. The van der Waals surface area contributed by atoms with Gasteiger partial charge in [0.25, 0.3) is 5.91 Å². The average Bonchev–Trinajstić information content (AvgIpc) is 2.85. The first-order valence-electron chi connectivity index (χ1n) is 11.2. The number of amides is 1. The molecule has 2 heterocycles. The Kier molecular flexibility index (Phi) is 7.55. The van der Waals surface area contributed by atoms with E-state index in [-0.39, 0.29) is 34.5 Å². The number of rotatable bonds is 6. The van der Waals surface area contributed by atoms with Crippen molar-refractivity contribution < 1.29 is 17.9 Å². The second-order valence-electron chi connectivity index (χ2n) is 8.05. The van der Waals surface area contributed by atoms with E-state index in [1.54, 1.807) is 6.07 Å². The molecule has 0 bridgehead atoms. The summed E-state index contributed by atoms with van der Waals surface area (Å²) in [6.45, 7) is 8.06. The molecule has 2 fully saturated rings. The summed E-state index contributed by atoms with van der Waals surface area (Å²) in [5.41, 5.74) is 1.88. The van der Waals surface area contributed by atoms with E-state index in [2.05, 4.69) is 22.0 Å². The van der Waals surface area contributed by atoms with Gasteiger partial charge in [-0.25, -0.2) is 8.42 Å². The van der Waals surface area contributed by atoms with E-state index in [1.807, 2.05) is 24.3 Å². The Balaban J connectivity index is 1.55. The monoisotopic (exact) mass is 492 g/mol. The zero-order valence-electron chi connectivity index (χ0n) is 18.7. The highest BCUT2D eigenvalue weighted by molar-refractivity contribution is 7.89. The molecule has 4 rings (SSSR count). The maximum Gasteiger partial charge on any atom is 0.255 e. The number of likely N-dealkylation sites (N-methyl/N-ethyl adjacent to an activating group) is 1. The lowest BCUT2D eigenvalue weighted by Gasteiger charge is -2.36. The van der Waals surface area contributed by atoms with Crippen LogP contribution in [0.3, 0.4) is 0 Å². The minimum Gasteiger partial charge on any atom is -0.379 e. The van der Waals surface area contributed by atoms with Crippen molar-refractivity contribution in [2.24, 2.45) is 0 Å². The first-order valence-corrected chi connectivity index (χ1v) is 13.0. The van der Waals surface area contributed by atoms with E-state index in [0.717, 1.165) is 38.4 Å². The predicted molar refractivity (Wildman–Crippen MR) is 130 cm³/mol. The molecule has 2 aromatic carbocycles. The zero-order chi connectivity index (χ0) is 23.4. The summed E-state index contributed by atoms with van der Waals surface area (Å²) in [5.74, 6) is -0.385. The Hall–Kier alpha value is -2.17. The van der Waals surface area contributed by atoms with Crippen LogP contribution in [-0.2, 0) is 14.8 Å². The molecular formula is C23H29ClN4O4S. The maximum atomic E-state index is 13.1. The summed E-state index contributed by atoms with van der Waals surface area (Å²) in [4.78, 5) is 17.7. The molecule has 0 saturated carbocycles. The van der Waals surface area contributed by atoms with Crippen LogP contribution in [0.25, 0.3) is 0 Å². The summed E-state index contributed by atoms with van der Waals surface area (Å²) in [6, 6.07) is 12.0. The van der Waals surface area contributed by atoms with Crippen LogP contribution in [0.5, 0.6) is 0 Å². The van der Waals surface area contributed by atoms with Crippen molar-refractivity contribution in [1.82, 2.24) is 9.21 Å². The topological polar surface area (TPSA) is 82.2 Å². The van der Waals surface area contributed by atoms with Crippen molar-refractivity contribution in [3.63, 3.8) is 0 Å². The fourth-order valence-corrected chi connectivity index (χ4v) is 6.03. The number of benzene rings is 2.